The number of carbonyl (C=O) groups is 1. The van der Waals surface area contributed by atoms with E-state index in [1.807, 2.05) is 27.2 Å². The fraction of sp³-hybridized carbons (Fsp3) is 0.768. The largest absolute Gasteiger partial charge is 0.756 e. The van der Waals surface area contributed by atoms with Crippen LogP contribution in [0.3, 0.4) is 0 Å². The summed E-state index contributed by atoms with van der Waals surface area (Å²) in [7, 11) is 1.24. The second-order valence-electron chi connectivity index (χ2n) is 27.3. The van der Waals surface area contributed by atoms with Gasteiger partial charge in [-0.25, -0.2) is 0 Å². The monoisotopic (exact) mass is 1290 g/mol. The minimum absolute atomic E-state index is 0.0116. The van der Waals surface area contributed by atoms with Crippen molar-refractivity contribution in [3.8, 4) is 0 Å². The average Bonchev–Trinajstić information content (AvgIpc) is 3.42. The molecule has 0 aliphatic heterocycles. The van der Waals surface area contributed by atoms with Crippen LogP contribution in [-0.2, 0) is 18.4 Å². The van der Waals surface area contributed by atoms with Crippen LogP contribution in [0.1, 0.15) is 354 Å². The highest BCUT2D eigenvalue weighted by atomic mass is 31.2. The summed E-state index contributed by atoms with van der Waals surface area (Å²) in [6.07, 6.45) is 105. The number of hydrogen-bond acceptors (Lipinski definition) is 6. The first-order valence-electron chi connectivity index (χ1n) is 38.7. The maximum atomic E-state index is 13.1. The second-order valence-corrected chi connectivity index (χ2v) is 28.7. The molecule has 8 nitrogen and oxygen atoms in total. The molecule has 0 rings (SSSR count). The molecule has 0 fully saturated rings. The Morgan fingerprint density at radius 1 is 0.396 bits per heavy atom. The van der Waals surface area contributed by atoms with Crippen LogP contribution in [0.5, 0.6) is 0 Å². The summed E-state index contributed by atoms with van der Waals surface area (Å²) in [5, 5.41) is 14.0. The van der Waals surface area contributed by atoms with E-state index in [-0.39, 0.29) is 12.5 Å². The number of carbonyl (C=O) groups excluding carboxylic acids is 1. The van der Waals surface area contributed by atoms with E-state index in [1.54, 1.807) is 6.08 Å². The molecule has 1 amide bonds. The standard InChI is InChI=1S/C82H149N2O6P/c1-6-8-10-12-14-16-18-20-22-24-26-28-30-32-34-36-38-40-41-42-43-44-46-48-50-52-54-56-58-60-62-64-66-68-70-72-74-76-82(86)83-80(79-90-91(87,88)89-78-77-84(3,4)5)81(85)75-73-71-69-67-65-63-61-59-57-55-53-51-49-47-45-39-37-35-33-31-29-27-25-23-21-19-17-15-13-11-9-7-2/h8,10,14,16,20,22,26,28,32,34,38,40,57,59,65,67,73,75,80-81,85H,6-7,9,11-13,15,17-19,21,23-25,27,29-31,33,35-37,39,41-56,58,60-64,66,68-72,74,76-79H2,1-5H3,(H-,83,86,87,88)/b10-8-,16-14-,22-20-,28-26-,34-32-,40-38-,59-57+,67-65+,75-73+. The Bertz CT molecular complexity index is 1860. The lowest BCUT2D eigenvalue weighted by Gasteiger charge is -2.29. The predicted octanol–water partition coefficient (Wildman–Crippen LogP) is 24.8. The minimum atomic E-state index is -4.62. The Kier molecular flexibility index (Phi) is 69.2. The molecule has 0 bridgehead atoms. The molecular weight excluding hydrogens is 1140 g/mol. The predicted molar refractivity (Wildman–Crippen MR) is 399 cm³/mol. The van der Waals surface area contributed by atoms with Gasteiger partial charge in [0, 0.05) is 6.42 Å². The van der Waals surface area contributed by atoms with E-state index in [0.29, 0.717) is 17.4 Å². The topological polar surface area (TPSA) is 108 Å². The number of nitrogens with zero attached hydrogens (tertiary/aromatic N) is 1. The van der Waals surface area contributed by atoms with Gasteiger partial charge in [-0.3, -0.25) is 9.36 Å². The molecule has 0 spiro atoms. The first-order chi connectivity index (χ1) is 44.5. The molecule has 0 aromatic heterocycles. The Balaban J connectivity index is 4.06. The highest BCUT2D eigenvalue weighted by Crippen LogP contribution is 2.38. The van der Waals surface area contributed by atoms with E-state index in [9.17, 15) is 19.4 Å². The smallest absolute Gasteiger partial charge is 0.268 e. The highest BCUT2D eigenvalue weighted by Gasteiger charge is 2.23. The van der Waals surface area contributed by atoms with Gasteiger partial charge in [0.2, 0.25) is 5.91 Å². The van der Waals surface area contributed by atoms with Gasteiger partial charge >= 0.3 is 0 Å². The van der Waals surface area contributed by atoms with Gasteiger partial charge < -0.3 is 28.8 Å². The maximum absolute atomic E-state index is 13.1. The molecule has 0 aliphatic rings. The van der Waals surface area contributed by atoms with E-state index in [4.69, 9.17) is 9.05 Å². The van der Waals surface area contributed by atoms with E-state index < -0.39 is 26.6 Å². The zero-order valence-electron chi connectivity index (χ0n) is 60.5. The summed E-state index contributed by atoms with van der Waals surface area (Å²) in [5.74, 6) is -0.209. The van der Waals surface area contributed by atoms with Gasteiger partial charge in [0.25, 0.3) is 7.82 Å². The molecule has 3 unspecified atom stereocenters. The number of quaternary nitrogens is 1. The van der Waals surface area contributed by atoms with Crippen molar-refractivity contribution in [2.24, 2.45) is 0 Å². The number of hydrogen-bond donors (Lipinski definition) is 2. The summed E-state index contributed by atoms with van der Waals surface area (Å²) < 4.78 is 23.5. The summed E-state index contributed by atoms with van der Waals surface area (Å²) in [5.41, 5.74) is 0. The van der Waals surface area contributed by atoms with Crippen molar-refractivity contribution < 1.29 is 32.9 Å². The molecule has 0 radical (unpaired) electrons. The molecule has 0 heterocycles. The van der Waals surface area contributed by atoms with Crippen LogP contribution in [0.2, 0.25) is 0 Å². The van der Waals surface area contributed by atoms with Gasteiger partial charge in [0.05, 0.1) is 39.9 Å². The molecule has 0 aromatic carbocycles. The lowest BCUT2D eigenvalue weighted by molar-refractivity contribution is -0.870. The van der Waals surface area contributed by atoms with Crippen LogP contribution < -0.4 is 10.2 Å². The normalized spacial score (nSPS) is 14.1. The molecular formula is C82H149N2O6P. The van der Waals surface area contributed by atoms with Crippen molar-refractivity contribution in [2.75, 3.05) is 40.9 Å². The number of phosphoric acid groups is 1. The van der Waals surface area contributed by atoms with Crippen LogP contribution in [0, 0.1) is 0 Å². The number of rotatable bonds is 71. The lowest BCUT2D eigenvalue weighted by atomic mass is 10.0. The van der Waals surface area contributed by atoms with Gasteiger partial charge in [-0.1, -0.05) is 361 Å². The number of likely N-dealkylation sites (N-methyl/N-ethyl adjacent to an activating group) is 1. The molecule has 0 saturated heterocycles. The molecule has 0 saturated carbocycles. The summed E-state index contributed by atoms with van der Waals surface area (Å²) in [4.78, 5) is 25.7. The molecule has 9 heteroatoms. The third-order valence-corrected chi connectivity index (χ3v) is 18.2. The molecule has 0 aromatic rings. The van der Waals surface area contributed by atoms with Crippen molar-refractivity contribution >= 4 is 13.7 Å². The quantitative estimate of drug-likeness (QED) is 0.0272. The van der Waals surface area contributed by atoms with E-state index in [1.165, 1.54) is 250 Å². The zero-order chi connectivity index (χ0) is 66.2. The van der Waals surface area contributed by atoms with Crippen molar-refractivity contribution in [3.63, 3.8) is 0 Å². The molecule has 0 aliphatic carbocycles. The van der Waals surface area contributed by atoms with Crippen LogP contribution in [0.4, 0.5) is 0 Å². The highest BCUT2D eigenvalue weighted by molar-refractivity contribution is 7.45. The van der Waals surface area contributed by atoms with Crippen LogP contribution in [0.25, 0.3) is 0 Å². The van der Waals surface area contributed by atoms with Crippen LogP contribution in [0.15, 0.2) is 109 Å². The van der Waals surface area contributed by atoms with Gasteiger partial charge in [-0.2, -0.15) is 0 Å². The number of allylic oxidation sites excluding steroid dienone is 17. The van der Waals surface area contributed by atoms with E-state index >= 15 is 0 Å². The van der Waals surface area contributed by atoms with Crippen molar-refractivity contribution in [3.05, 3.63) is 109 Å². The van der Waals surface area contributed by atoms with Crippen LogP contribution >= 0.6 is 7.82 Å². The van der Waals surface area contributed by atoms with Gasteiger partial charge in [-0.15, -0.1) is 0 Å². The first kappa shape index (κ1) is 88.2. The zero-order valence-corrected chi connectivity index (χ0v) is 61.4. The summed E-state index contributed by atoms with van der Waals surface area (Å²) in [6, 6.07) is -0.917. The Morgan fingerprint density at radius 2 is 0.681 bits per heavy atom. The minimum Gasteiger partial charge on any atom is -0.756 e. The molecule has 3 atom stereocenters. The molecule has 91 heavy (non-hydrogen) atoms. The fourth-order valence-corrected chi connectivity index (χ4v) is 12.0. The van der Waals surface area contributed by atoms with E-state index in [2.05, 4.69) is 116 Å². The summed E-state index contributed by atoms with van der Waals surface area (Å²) in [6.45, 7) is 4.54. The van der Waals surface area contributed by atoms with Crippen molar-refractivity contribution in [1.29, 1.82) is 0 Å². The van der Waals surface area contributed by atoms with Crippen molar-refractivity contribution in [1.82, 2.24) is 5.32 Å². The molecule has 2 N–H and O–H groups in total. The third kappa shape index (κ3) is 74.4. The second kappa shape index (κ2) is 71.5. The number of nitrogens with one attached hydrogen (secondary N) is 1. The molecule has 528 valence electrons. The Labute approximate surface area is 565 Å². The first-order valence-corrected chi connectivity index (χ1v) is 40.2. The Hall–Kier alpha value is -2.84. The number of amides is 1. The van der Waals surface area contributed by atoms with Crippen LogP contribution in [-0.4, -0.2) is 68.5 Å². The number of phosphoric ester groups is 1. The van der Waals surface area contributed by atoms with E-state index in [0.717, 1.165) is 83.5 Å². The lowest BCUT2D eigenvalue weighted by Crippen LogP contribution is -2.45. The average molecular weight is 1290 g/mol. The SMILES string of the molecule is CC/C=C\C/C=C\C/C=C\C/C=C\C/C=C\C/C=C\CCCCCCCCCCCCCCCCCCCCC(=O)NC(COP(=O)([O-])OCC[N+](C)(C)C)C(O)/C=C/CC/C=C/CC/C=C/CCCCCCCCCCCCCCCCCCCCCCCC. The van der Waals surface area contributed by atoms with Crippen molar-refractivity contribution in [2.45, 2.75) is 366 Å². The third-order valence-electron chi connectivity index (χ3n) is 17.2. The number of aliphatic hydroxyl groups excluding tert-OH is 1. The van der Waals surface area contributed by atoms with Gasteiger partial charge in [0.15, 0.2) is 0 Å². The summed E-state index contributed by atoms with van der Waals surface area (Å²) >= 11 is 0. The number of unbranched alkanes of at least 4 members (excludes halogenated alkanes) is 42. The van der Waals surface area contributed by atoms with Gasteiger partial charge in [-0.05, 0) is 96.3 Å². The van der Waals surface area contributed by atoms with Gasteiger partial charge in [0.1, 0.15) is 13.2 Å². The maximum Gasteiger partial charge on any atom is 0.268 e. The Morgan fingerprint density at radius 3 is 1.02 bits per heavy atom. The fourth-order valence-electron chi connectivity index (χ4n) is 11.3. The number of aliphatic hydroxyl groups is 1.